The molecule has 2 saturated heterocycles. The van der Waals surface area contributed by atoms with Crippen LogP contribution < -0.4 is 0 Å². The number of hydrogen-bond donors (Lipinski definition) is 0. The van der Waals surface area contributed by atoms with E-state index in [0.717, 1.165) is 24.7 Å². The van der Waals surface area contributed by atoms with Gasteiger partial charge in [-0.3, -0.25) is 9.69 Å². The summed E-state index contributed by atoms with van der Waals surface area (Å²) in [6.07, 6.45) is 1.10. The molecule has 0 aliphatic carbocycles. The molecule has 172 valence electrons. The maximum absolute atomic E-state index is 13.0. The summed E-state index contributed by atoms with van der Waals surface area (Å²) in [6.45, 7) is 4.57. The molecule has 9 heteroatoms. The molecule has 2 aliphatic rings. The van der Waals surface area contributed by atoms with Crippen LogP contribution in [-0.2, 0) is 21.4 Å². The van der Waals surface area contributed by atoms with Crippen LogP contribution in [0.5, 0.6) is 0 Å². The predicted octanol–water partition coefficient (Wildman–Crippen LogP) is 3.74. The minimum Gasteiger partial charge on any atom is -0.340 e. The average molecular weight is 496 g/mol. The van der Waals surface area contributed by atoms with Crippen LogP contribution in [0.3, 0.4) is 0 Å². The monoisotopic (exact) mass is 495 g/mol. The molecule has 0 spiro atoms. The van der Waals surface area contributed by atoms with Crippen LogP contribution >= 0.6 is 23.2 Å². The normalized spacial score (nSPS) is 19.2. The summed E-state index contributed by atoms with van der Waals surface area (Å²) in [6, 6.07) is 14.1. The standard InChI is InChI=1S/C23H27Cl2N3O3S/c24-20-4-6-22(7-5-20)32(30,31)28-10-8-19(9-11-28)23(29)27-14-12-26(13-15-27)17-18-2-1-3-21(25)16-18/h1-7,16,19H,8-15,17H2. The fourth-order valence-electron chi connectivity index (χ4n) is 4.38. The molecule has 2 heterocycles. The van der Waals surface area contributed by atoms with Gasteiger partial charge in [-0.2, -0.15) is 4.31 Å². The molecule has 2 aromatic rings. The smallest absolute Gasteiger partial charge is 0.243 e. The van der Waals surface area contributed by atoms with Crippen LogP contribution in [0.1, 0.15) is 18.4 Å². The van der Waals surface area contributed by atoms with Crippen molar-refractivity contribution < 1.29 is 13.2 Å². The first-order valence-electron chi connectivity index (χ1n) is 10.8. The first-order chi connectivity index (χ1) is 15.3. The fraction of sp³-hybridized carbons (Fsp3) is 0.435. The summed E-state index contributed by atoms with van der Waals surface area (Å²) in [4.78, 5) is 17.5. The Bertz CT molecular complexity index is 1050. The fourth-order valence-corrected chi connectivity index (χ4v) is 6.19. The average Bonchev–Trinajstić information content (AvgIpc) is 2.79. The van der Waals surface area contributed by atoms with Gasteiger partial charge in [0, 0.05) is 61.8 Å². The number of hydrogen-bond acceptors (Lipinski definition) is 4. The van der Waals surface area contributed by atoms with E-state index in [-0.39, 0.29) is 16.7 Å². The Morgan fingerprint density at radius 2 is 1.53 bits per heavy atom. The van der Waals surface area contributed by atoms with E-state index in [2.05, 4.69) is 11.0 Å². The van der Waals surface area contributed by atoms with Crippen molar-refractivity contribution in [1.29, 1.82) is 0 Å². The number of amides is 1. The lowest BCUT2D eigenvalue weighted by Crippen LogP contribution is -2.51. The van der Waals surface area contributed by atoms with Crippen molar-refractivity contribution in [1.82, 2.24) is 14.1 Å². The highest BCUT2D eigenvalue weighted by Crippen LogP contribution is 2.26. The van der Waals surface area contributed by atoms with Crippen molar-refractivity contribution in [3.63, 3.8) is 0 Å². The van der Waals surface area contributed by atoms with E-state index in [1.165, 1.54) is 22.0 Å². The SMILES string of the molecule is O=C(C1CCN(S(=O)(=O)c2ccc(Cl)cc2)CC1)N1CCN(Cc2cccc(Cl)c2)CC1. The van der Waals surface area contributed by atoms with E-state index in [9.17, 15) is 13.2 Å². The van der Waals surface area contributed by atoms with Crippen molar-refractivity contribution in [3.8, 4) is 0 Å². The van der Waals surface area contributed by atoms with Gasteiger partial charge in [-0.25, -0.2) is 8.42 Å². The molecular formula is C23H27Cl2N3O3S. The summed E-state index contributed by atoms with van der Waals surface area (Å²) in [7, 11) is -3.56. The molecule has 4 rings (SSSR count). The van der Waals surface area contributed by atoms with E-state index < -0.39 is 10.0 Å². The third kappa shape index (κ3) is 5.46. The highest BCUT2D eigenvalue weighted by Gasteiger charge is 2.34. The number of carbonyl (C=O) groups is 1. The first kappa shape index (κ1) is 23.5. The largest absolute Gasteiger partial charge is 0.340 e. The first-order valence-corrected chi connectivity index (χ1v) is 13.0. The number of sulfonamides is 1. The number of piperidine rings is 1. The summed E-state index contributed by atoms with van der Waals surface area (Å²) in [5.74, 6) is 0.0297. The molecule has 1 amide bonds. The molecule has 0 bridgehead atoms. The van der Waals surface area contributed by atoms with Crippen LogP contribution in [0, 0.1) is 5.92 Å². The summed E-state index contributed by atoms with van der Waals surface area (Å²) in [5.41, 5.74) is 1.17. The minimum absolute atomic E-state index is 0.119. The zero-order valence-corrected chi connectivity index (χ0v) is 20.1. The summed E-state index contributed by atoms with van der Waals surface area (Å²) >= 11 is 11.9. The molecule has 2 aliphatic heterocycles. The third-order valence-electron chi connectivity index (χ3n) is 6.23. The second-order valence-corrected chi connectivity index (χ2v) is 11.2. The van der Waals surface area contributed by atoms with Crippen LogP contribution in [0.2, 0.25) is 10.0 Å². The van der Waals surface area contributed by atoms with Gasteiger partial charge in [0.25, 0.3) is 0 Å². The van der Waals surface area contributed by atoms with Gasteiger partial charge >= 0.3 is 0 Å². The lowest BCUT2D eigenvalue weighted by atomic mass is 9.96. The Morgan fingerprint density at radius 3 is 2.16 bits per heavy atom. The van der Waals surface area contributed by atoms with Gasteiger partial charge in [0.2, 0.25) is 15.9 Å². The molecule has 6 nitrogen and oxygen atoms in total. The van der Waals surface area contributed by atoms with Crippen molar-refractivity contribution in [2.45, 2.75) is 24.3 Å². The molecule has 0 atom stereocenters. The Kier molecular flexibility index (Phi) is 7.42. The second kappa shape index (κ2) is 10.1. The van der Waals surface area contributed by atoms with Gasteiger partial charge < -0.3 is 4.90 Å². The molecular weight excluding hydrogens is 469 g/mol. The summed E-state index contributed by atoms with van der Waals surface area (Å²) in [5, 5.41) is 1.24. The van der Waals surface area contributed by atoms with Gasteiger partial charge in [0.15, 0.2) is 0 Å². The number of rotatable bonds is 5. The van der Waals surface area contributed by atoms with Crippen molar-refractivity contribution >= 4 is 39.1 Å². The van der Waals surface area contributed by atoms with E-state index in [1.54, 1.807) is 12.1 Å². The quantitative estimate of drug-likeness (QED) is 0.633. The summed E-state index contributed by atoms with van der Waals surface area (Å²) < 4.78 is 27.2. The number of piperazine rings is 1. The molecule has 2 fully saturated rings. The topological polar surface area (TPSA) is 60.9 Å². The number of halogens is 2. The Labute approximate surface area is 199 Å². The molecule has 0 radical (unpaired) electrons. The lowest BCUT2D eigenvalue weighted by Gasteiger charge is -2.38. The van der Waals surface area contributed by atoms with Crippen molar-refractivity contribution in [2.75, 3.05) is 39.3 Å². The van der Waals surface area contributed by atoms with Crippen LogP contribution in [-0.4, -0.2) is 67.7 Å². The molecule has 32 heavy (non-hydrogen) atoms. The van der Waals surface area contributed by atoms with Gasteiger partial charge in [0.1, 0.15) is 0 Å². The molecule has 0 aromatic heterocycles. The molecule has 0 saturated carbocycles. The van der Waals surface area contributed by atoms with Crippen molar-refractivity contribution in [3.05, 3.63) is 64.1 Å². The maximum Gasteiger partial charge on any atom is 0.243 e. The van der Waals surface area contributed by atoms with Crippen molar-refractivity contribution in [2.24, 2.45) is 5.92 Å². The molecule has 0 unspecified atom stereocenters. The van der Waals surface area contributed by atoms with Gasteiger partial charge in [-0.15, -0.1) is 0 Å². The predicted molar refractivity (Wildman–Crippen MR) is 126 cm³/mol. The van der Waals surface area contributed by atoms with Gasteiger partial charge in [-0.1, -0.05) is 35.3 Å². The van der Waals surface area contributed by atoms with Crippen LogP contribution in [0.4, 0.5) is 0 Å². The van der Waals surface area contributed by atoms with Crippen LogP contribution in [0.15, 0.2) is 53.4 Å². The minimum atomic E-state index is -3.56. The number of carbonyl (C=O) groups excluding carboxylic acids is 1. The maximum atomic E-state index is 13.0. The zero-order valence-electron chi connectivity index (χ0n) is 17.8. The molecule has 0 N–H and O–H groups in total. The van der Waals surface area contributed by atoms with Crippen LogP contribution in [0.25, 0.3) is 0 Å². The Balaban J connectivity index is 1.27. The zero-order chi connectivity index (χ0) is 22.7. The molecule has 2 aromatic carbocycles. The lowest BCUT2D eigenvalue weighted by molar-refractivity contribution is -0.138. The van der Waals surface area contributed by atoms with E-state index in [1.807, 2.05) is 23.1 Å². The Hall–Kier alpha value is -1.64. The number of benzene rings is 2. The van der Waals surface area contributed by atoms with E-state index in [0.29, 0.717) is 44.0 Å². The van der Waals surface area contributed by atoms with E-state index in [4.69, 9.17) is 23.2 Å². The highest BCUT2D eigenvalue weighted by molar-refractivity contribution is 7.89. The van der Waals surface area contributed by atoms with Gasteiger partial charge in [-0.05, 0) is 54.8 Å². The van der Waals surface area contributed by atoms with Gasteiger partial charge in [0.05, 0.1) is 4.90 Å². The number of nitrogens with zero attached hydrogens (tertiary/aromatic N) is 3. The second-order valence-electron chi connectivity index (χ2n) is 8.36. The highest BCUT2D eigenvalue weighted by atomic mass is 35.5. The Morgan fingerprint density at radius 1 is 0.875 bits per heavy atom. The van der Waals surface area contributed by atoms with E-state index >= 15 is 0 Å². The third-order valence-corrected chi connectivity index (χ3v) is 8.63.